The molecule has 0 atom stereocenters. The van der Waals surface area contributed by atoms with Gasteiger partial charge in [-0.2, -0.15) is 0 Å². The van der Waals surface area contributed by atoms with Crippen molar-refractivity contribution in [1.82, 2.24) is 4.90 Å². The van der Waals surface area contributed by atoms with Gasteiger partial charge in [-0.25, -0.2) is 4.39 Å². The van der Waals surface area contributed by atoms with E-state index in [1.54, 1.807) is 6.07 Å². The number of hydrogen-bond donors (Lipinski definition) is 1. The second-order valence-electron chi connectivity index (χ2n) is 3.97. The van der Waals surface area contributed by atoms with E-state index in [1.165, 1.54) is 6.07 Å². The Kier molecular flexibility index (Phi) is 4.09. The third-order valence-electron chi connectivity index (χ3n) is 2.46. The van der Waals surface area contributed by atoms with Gasteiger partial charge in [-0.15, -0.1) is 0 Å². The lowest BCUT2D eigenvalue weighted by Gasteiger charge is -2.24. The highest BCUT2D eigenvalue weighted by molar-refractivity contribution is 5.28. The monoisotopic (exact) mass is 211 g/mol. The Morgan fingerprint density at radius 1 is 1.33 bits per heavy atom. The molecule has 0 aromatic heterocycles. The fraction of sp³-hybridized carbons (Fsp3) is 0.500. The van der Waals surface area contributed by atoms with E-state index in [2.05, 4.69) is 25.7 Å². The van der Waals surface area contributed by atoms with E-state index < -0.39 is 0 Å². The average Bonchev–Trinajstić information content (AvgIpc) is 2.12. The van der Waals surface area contributed by atoms with E-state index in [0.29, 0.717) is 12.6 Å². The average molecular weight is 211 g/mol. The molecule has 0 fully saturated rings. The van der Waals surface area contributed by atoms with Gasteiger partial charge >= 0.3 is 0 Å². The fourth-order valence-corrected chi connectivity index (χ4v) is 1.62. The number of hydrogen-bond acceptors (Lipinski definition) is 2. The Hall–Kier alpha value is -1.09. The molecule has 3 heteroatoms. The summed E-state index contributed by atoms with van der Waals surface area (Å²) in [5, 5.41) is 9.26. The molecule has 15 heavy (non-hydrogen) atoms. The number of aromatic hydroxyl groups is 1. The SMILES string of the molecule is CCN(Cc1cc(O)cc(F)c1)C(C)C. The molecule has 0 bridgehead atoms. The zero-order valence-electron chi connectivity index (χ0n) is 9.50. The van der Waals surface area contributed by atoms with E-state index in [4.69, 9.17) is 0 Å². The lowest BCUT2D eigenvalue weighted by Crippen LogP contribution is -2.29. The molecule has 0 aliphatic carbocycles. The van der Waals surface area contributed by atoms with Crippen molar-refractivity contribution >= 4 is 0 Å². The number of phenolic OH excluding ortho intramolecular Hbond substituents is 1. The molecule has 0 radical (unpaired) electrons. The number of rotatable bonds is 4. The third-order valence-corrected chi connectivity index (χ3v) is 2.46. The molecule has 0 unspecified atom stereocenters. The minimum absolute atomic E-state index is 0.00944. The summed E-state index contributed by atoms with van der Waals surface area (Å²) in [4.78, 5) is 2.20. The van der Waals surface area contributed by atoms with Gasteiger partial charge in [-0.1, -0.05) is 6.92 Å². The molecule has 0 heterocycles. The molecule has 1 N–H and O–H groups in total. The molecule has 0 aliphatic rings. The van der Waals surface area contributed by atoms with E-state index in [9.17, 15) is 9.50 Å². The zero-order valence-corrected chi connectivity index (χ0v) is 9.50. The minimum Gasteiger partial charge on any atom is -0.508 e. The van der Waals surface area contributed by atoms with E-state index in [0.717, 1.165) is 18.2 Å². The Morgan fingerprint density at radius 2 is 2.00 bits per heavy atom. The van der Waals surface area contributed by atoms with Crippen LogP contribution in [0.2, 0.25) is 0 Å². The van der Waals surface area contributed by atoms with E-state index in [-0.39, 0.29) is 11.6 Å². The standard InChI is InChI=1S/C12H18FNO/c1-4-14(9(2)3)8-10-5-11(13)7-12(15)6-10/h5-7,9,15H,4,8H2,1-3H3. The van der Waals surface area contributed by atoms with Crippen molar-refractivity contribution in [1.29, 1.82) is 0 Å². The number of phenols is 1. The molecule has 0 aliphatic heterocycles. The van der Waals surface area contributed by atoms with E-state index >= 15 is 0 Å². The smallest absolute Gasteiger partial charge is 0.127 e. The summed E-state index contributed by atoms with van der Waals surface area (Å²) in [5.74, 6) is -0.394. The first-order chi connectivity index (χ1) is 7.02. The molecular formula is C12H18FNO. The Bertz CT molecular complexity index is 305. The topological polar surface area (TPSA) is 23.5 Å². The lowest BCUT2D eigenvalue weighted by atomic mass is 10.1. The van der Waals surface area contributed by atoms with Gasteiger partial charge in [-0.3, -0.25) is 4.90 Å². The second kappa shape index (κ2) is 5.12. The first-order valence-corrected chi connectivity index (χ1v) is 5.25. The summed E-state index contributed by atoms with van der Waals surface area (Å²) < 4.78 is 13.0. The van der Waals surface area contributed by atoms with Gasteiger partial charge in [0.2, 0.25) is 0 Å². The third kappa shape index (κ3) is 3.51. The highest BCUT2D eigenvalue weighted by Gasteiger charge is 2.08. The van der Waals surface area contributed by atoms with Gasteiger partial charge in [-0.05, 0) is 38.1 Å². The van der Waals surface area contributed by atoms with Gasteiger partial charge in [0.05, 0.1) is 0 Å². The van der Waals surface area contributed by atoms with Gasteiger partial charge in [0.15, 0.2) is 0 Å². The minimum atomic E-state index is -0.384. The second-order valence-corrected chi connectivity index (χ2v) is 3.97. The molecule has 0 saturated heterocycles. The van der Waals surface area contributed by atoms with Crippen LogP contribution in [-0.4, -0.2) is 22.6 Å². The van der Waals surface area contributed by atoms with Gasteiger partial charge in [0, 0.05) is 18.7 Å². The Morgan fingerprint density at radius 3 is 2.47 bits per heavy atom. The molecule has 0 saturated carbocycles. The highest BCUT2D eigenvalue weighted by Crippen LogP contribution is 2.16. The van der Waals surface area contributed by atoms with Crippen LogP contribution in [0.3, 0.4) is 0 Å². The highest BCUT2D eigenvalue weighted by atomic mass is 19.1. The Balaban J connectivity index is 2.79. The van der Waals surface area contributed by atoms with Crippen LogP contribution < -0.4 is 0 Å². The van der Waals surface area contributed by atoms with Crippen molar-refractivity contribution in [2.24, 2.45) is 0 Å². The molecule has 0 spiro atoms. The van der Waals surface area contributed by atoms with Gasteiger partial charge < -0.3 is 5.11 Å². The first-order valence-electron chi connectivity index (χ1n) is 5.25. The van der Waals surface area contributed by atoms with Crippen LogP contribution in [-0.2, 0) is 6.54 Å². The normalized spacial score (nSPS) is 11.3. The van der Waals surface area contributed by atoms with Crippen LogP contribution in [0.4, 0.5) is 4.39 Å². The van der Waals surface area contributed by atoms with Crippen LogP contribution in [0.1, 0.15) is 26.3 Å². The van der Waals surface area contributed by atoms with Crippen molar-refractivity contribution in [3.8, 4) is 5.75 Å². The van der Waals surface area contributed by atoms with Crippen molar-refractivity contribution < 1.29 is 9.50 Å². The predicted molar refractivity (Wildman–Crippen MR) is 59.3 cm³/mol. The molecule has 1 aromatic carbocycles. The van der Waals surface area contributed by atoms with Crippen LogP contribution in [0.5, 0.6) is 5.75 Å². The summed E-state index contributed by atoms with van der Waals surface area (Å²) in [6.45, 7) is 7.85. The summed E-state index contributed by atoms with van der Waals surface area (Å²) in [7, 11) is 0. The summed E-state index contributed by atoms with van der Waals surface area (Å²) in [6.07, 6.45) is 0. The zero-order chi connectivity index (χ0) is 11.4. The summed E-state index contributed by atoms with van der Waals surface area (Å²) in [5.41, 5.74) is 0.808. The molecule has 0 amide bonds. The maximum Gasteiger partial charge on any atom is 0.127 e. The number of halogens is 1. The summed E-state index contributed by atoms with van der Waals surface area (Å²) >= 11 is 0. The van der Waals surface area contributed by atoms with Crippen LogP contribution in [0.25, 0.3) is 0 Å². The maximum atomic E-state index is 13.0. The number of nitrogens with zero attached hydrogens (tertiary/aromatic N) is 1. The predicted octanol–water partition coefficient (Wildman–Crippen LogP) is 2.76. The molecule has 84 valence electrons. The lowest BCUT2D eigenvalue weighted by molar-refractivity contribution is 0.224. The van der Waals surface area contributed by atoms with E-state index in [1.807, 2.05) is 0 Å². The molecule has 2 nitrogen and oxygen atoms in total. The van der Waals surface area contributed by atoms with Crippen molar-refractivity contribution in [3.05, 3.63) is 29.6 Å². The fourth-order valence-electron chi connectivity index (χ4n) is 1.62. The largest absolute Gasteiger partial charge is 0.508 e. The van der Waals surface area contributed by atoms with Crippen LogP contribution in [0.15, 0.2) is 18.2 Å². The van der Waals surface area contributed by atoms with Crippen molar-refractivity contribution in [2.75, 3.05) is 6.54 Å². The first kappa shape index (κ1) is 12.0. The van der Waals surface area contributed by atoms with Crippen LogP contribution in [0, 0.1) is 5.82 Å². The van der Waals surface area contributed by atoms with Crippen molar-refractivity contribution in [2.45, 2.75) is 33.4 Å². The quantitative estimate of drug-likeness (QED) is 0.827. The maximum absolute atomic E-state index is 13.0. The number of benzene rings is 1. The van der Waals surface area contributed by atoms with Gasteiger partial charge in [0.25, 0.3) is 0 Å². The van der Waals surface area contributed by atoms with Crippen LogP contribution >= 0.6 is 0 Å². The van der Waals surface area contributed by atoms with Gasteiger partial charge in [0.1, 0.15) is 11.6 Å². The summed E-state index contributed by atoms with van der Waals surface area (Å²) in [6, 6.07) is 4.61. The molecular weight excluding hydrogens is 193 g/mol. The molecule has 1 aromatic rings. The van der Waals surface area contributed by atoms with Crippen molar-refractivity contribution in [3.63, 3.8) is 0 Å². The molecule has 1 rings (SSSR count). The Labute approximate surface area is 90.3 Å².